The molecule has 1 aliphatic rings. The van der Waals surface area contributed by atoms with Gasteiger partial charge in [-0.15, -0.1) is 0 Å². The average molecular weight is 198 g/mol. The van der Waals surface area contributed by atoms with Crippen molar-refractivity contribution >= 4 is 17.2 Å². The molecule has 0 amide bonds. The summed E-state index contributed by atoms with van der Waals surface area (Å²) in [6, 6.07) is 0. The molecular formula is C9H14N2O3. The van der Waals surface area contributed by atoms with Crippen molar-refractivity contribution in [2.75, 3.05) is 7.11 Å². The molecule has 0 unspecified atom stereocenters. The number of carbonyl (C=O) groups is 1. The lowest BCUT2D eigenvalue weighted by molar-refractivity contribution is -0.122. The summed E-state index contributed by atoms with van der Waals surface area (Å²) in [5, 5.41) is 7.37. The van der Waals surface area contributed by atoms with Crippen LogP contribution in [0.4, 0.5) is 0 Å². The Labute approximate surface area is 82.7 Å². The molecule has 0 bridgehead atoms. The predicted octanol–water partition coefficient (Wildman–Crippen LogP) is 1.13. The Morgan fingerprint density at radius 2 is 2.29 bits per heavy atom. The lowest BCUT2D eigenvalue weighted by atomic mass is 9.97. The molecule has 0 N–H and O–H groups in total. The monoisotopic (exact) mass is 198 g/mol. The molecule has 78 valence electrons. The zero-order chi connectivity index (χ0) is 10.8. The fourth-order valence-corrected chi connectivity index (χ4v) is 1.17. The number of ketones is 1. The molecular weight excluding hydrogens is 184 g/mol. The third-order valence-corrected chi connectivity index (χ3v) is 1.81. The summed E-state index contributed by atoms with van der Waals surface area (Å²) in [6.45, 7) is 5.28. The summed E-state index contributed by atoms with van der Waals surface area (Å²) in [5.41, 5.74) is 0.160. The lowest BCUT2D eigenvalue weighted by Crippen LogP contribution is -2.37. The molecule has 5 nitrogen and oxygen atoms in total. The van der Waals surface area contributed by atoms with Crippen LogP contribution >= 0.6 is 0 Å². The number of rotatable bonds is 2. The van der Waals surface area contributed by atoms with Crippen molar-refractivity contribution in [1.29, 1.82) is 0 Å². The number of Topliss-reactive ketones (excluding diaryl/α,β-unsaturated/α-hetero) is 1. The van der Waals surface area contributed by atoms with Crippen LogP contribution in [0.5, 0.6) is 0 Å². The van der Waals surface area contributed by atoms with Gasteiger partial charge in [0, 0.05) is 0 Å². The van der Waals surface area contributed by atoms with Crippen LogP contribution in [0.1, 0.15) is 27.2 Å². The molecule has 0 aromatic carbocycles. The number of hydrogen-bond acceptors (Lipinski definition) is 5. The molecule has 1 aliphatic heterocycles. The SMILES string of the molecule is CO/N=C(\C)C1=NOC(C)(C)CC1=O. The Hall–Kier alpha value is -1.39. The van der Waals surface area contributed by atoms with Crippen molar-refractivity contribution in [2.45, 2.75) is 32.8 Å². The van der Waals surface area contributed by atoms with E-state index in [-0.39, 0.29) is 11.5 Å². The van der Waals surface area contributed by atoms with E-state index in [0.717, 1.165) is 0 Å². The summed E-state index contributed by atoms with van der Waals surface area (Å²) in [7, 11) is 1.42. The van der Waals surface area contributed by atoms with E-state index < -0.39 is 5.60 Å². The number of carbonyl (C=O) groups excluding carboxylic acids is 1. The topological polar surface area (TPSA) is 60.3 Å². The van der Waals surface area contributed by atoms with Crippen LogP contribution in [0.15, 0.2) is 10.3 Å². The number of nitrogens with zero attached hydrogens (tertiary/aromatic N) is 2. The van der Waals surface area contributed by atoms with Gasteiger partial charge < -0.3 is 9.68 Å². The number of hydrogen-bond donors (Lipinski definition) is 0. The van der Waals surface area contributed by atoms with E-state index in [1.807, 2.05) is 13.8 Å². The molecule has 0 aliphatic carbocycles. The van der Waals surface area contributed by atoms with Gasteiger partial charge in [-0.1, -0.05) is 10.3 Å². The summed E-state index contributed by atoms with van der Waals surface area (Å²) in [5.74, 6) is -0.0699. The maximum Gasteiger partial charge on any atom is 0.190 e. The summed E-state index contributed by atoms with van der Waals surface area (Å²) in [6.07, 6.45) is 0.308. The molecule has 0 fully saturated rings. The molecule has 0 spiro atoms. The first-order chi connectivity index (χ1) is 6.46. The first kappa shape index (κ1) is 10.7. The molecule has 5 heteroatoms. The van der Waals surface area contributed by atoms with Gasteiger partial charge in [-0.2, -0.15) is 0 Å². The minimum Gasteiger partial charge on any atom is -0.399 e. The highest BCUT2D eigenvalue weighted by atomic mass is 16.7. The zero-order valence-electron chi connectivity index (χ0n) is 8.83. The Balaban J connectivity index is 2.88. The molecule has 0 aromatic rings. The third kappa shape index (κ3) is 2.31. The first-order valence-electron chi connectivity index (χ1n) is 4.34. The van der Waals surface area contributed by atoms with Gasteiger partial charge in [0.05, 0.1) is 6.42 Å². The first-order valence-corrected chi connectivity index (χ1v) is 4.34. The van der Waals surface area contributed by atoms with Crippen LogP contribution < -0.4 is 0 Å². The van der Waals surface area contributed by atoms with Gasteiger partial charge in [-0.3, -0.25) is 4.79 Å². The molecule has 0 radical (unpaired) electrons. The largest absolute Gasteiger partial charge is 0.399 e. The molecule has 1 heterocycles. The summed E-state index contributed by atoms with van der Waals surface area (Å²) >= 11 is 0. The van der Waals surface area contributed by atoms with Crippen molar-refractivity contribution < 1.29 is 14.5 Å². The quantitative estimate of drug-likeness (QED) is 0.493. The van der Waals surface area contributed by atoms with Crippen LogP contribution in [0.25, 0.3) is 0 Å². The maximum atomic E-state index is 11.6. The molecule has 0 aromatic heterocycles. The van der Waals surface area contributed by atoms with Gasteiger partial charge in [0.1, 0.15) is 18.4 Å². The maximum absolute atomic E-state index is 11.6. The van der Waals surface area contributed by atoms with Crippen LogP contribution in [-0.4, -0.2) is 29.9 Å². The average Bonchev–Trinajstić information content (AvgIpc) is 2.02. The van der Waals surface area contributed by atoms with E-state index in [9.17, 15) is 4.79 Å². The summed E-state index contributed by atoms with van der Waals surface area (Å²) < 4.78 is 0. The van der Waals surface area contributed by atoms with E-state index in [2.05, 4.69) is 15.1 Å². The molecule has 1 rings (SSSR count). The van der Waals surface area contributed by atoms with Crippen molar-refractivity contribution in [3.05, 3.63) is 0 Å². The van der Waals surface area contributed by atoms with E-state index >= 15 is 0 Å². The third-order valence-electron chi connectivity index (χ3n) is 1.81. The van der Waals surface area contributed by atoms with Crippen LogP contribution in [0, 0.1) is 0 Å². The Bertz CT molecular complexity index is 305. The molecule has 0 atom stereocenters. The van der Waals surface area contributed by atoms with Crippen molar-refractivity contribution in [3.63, 3.8) is 0 Å². The second-order valence-electron chi connectivity index (χ2n) is 3.75. The number of oxime groups is 2. The van der Waals surface area contributed by atoms with E-state index in [0.29, 0.717) is 12.1 Å². The van der Waals surface area contributed by atoms with Gasteiger partial charge in [0.25, 0.3) is 0 Å². The van der Waals surface area contributed by atoms with Crippen molar-refractivity contribution in [3.8, 4) is 0 Å². The van der Waals surface area contributed by atoms with E-state index in [1.165, 1.54) is 7.11 Å². The fourth-order valence-electron chi connectivity index (χ4n) is 1.17. The van der Waals surface area contributed by atoms with E-state index in [1.54, 1.807) is 6.92 Å². The second-order valence-corrected chi connectivity index (χ2v) is 3.75. The van der Waals surface area contributed by atoms with Crippen LogP contribution in [0.3, 0.4) is 0 Å². The Morgan fingerprint density at radius 3 is 2.79 bits per heavy atom. The van der Waals surface area contributed by atoms with Crippen LogP contribution in [-0.2, 0) is 14.5 Å². The van der Waals surface area contributed by atoms with Crippen LogP contribution in [0.2, 0.25) is 0 Å². The minimum atomic E-state index is -0.520. The zero-order valence-corrected chi connectivity index (χ0v) is 8.83. The normalized spacial score (nSPS) is 21.3. The van der Waals surface area contributed by atoms with Crippen molar-refractivity contribution in [1.82, 2.24) is 0 Å². The van der Waals surface area contributed by atoms with Gasteiger partial charge >= 0.3 is 0 Å². The van der Waals surface area contributed by atoms with Gasteiger partial charge in [-0.25, -0.2) is 0 Å². The standard InChI is InChI=1S/C9H14N2O3/c1-6(10-13-4)8-7(12)5-9(2,3)14-11-8/h5H2,1-4H3/b10-6+. The molecule has 14 heavy (non-hydrogen) atoms. The van der Waals surface area contributed by atoms with E-state index in [4.69, 9.17) is 4.84 Å². The Kier molecular flexibility index (Phi) is 2.88. The second kappa shape index (κ2) is 3.77. The highest BCUT2D eigenvalue weighted by molar-refractivity contribution is 6.67. The van der Waals surface area contributed by atoms with Gasteiger partial charge in [-0.05, 0) is 20.8 Å². The lowest BCUT2D eigenvalue weighted by Gasteiger charge is -2.25. The van der Waals surface area contributed by atoms with Gasteiger partial charge in [0.15, 0.2) is 11.5 Å². The minimum absolute atomic E-state index is 0.0699. The molecule has 0 saturated heterocycles. The van der Waals surface area contributed by atoms with Crippen molar-refractivity contribution in [2.24, 2.45) is 10.3 Å². The summed E-state index contributed by atoms with van der Waals surface area (Å²) in [4.78, 5) is 21.3. The highest BCUT2D eigenvalue weighted by Crippen LogP contribution is 2.20. The fraction of sp³-hybridized carbons (Fsp3) is 0.667. The molecule has 0 saturated carbocycles. The smallest absolute Gasteiger partial charge is 0.190 e. The van der Waals surface area contributed by atoms with Gasteiger partial charge in [0.2, 0.25) is 0 Å². The highest BCUT2D eigenvalue weighted by Gasteiger charge is 2.32. The predicted molar refractivity (Wildman–Crippen MR) is 52.3 cm³/mol. The Morgan fingerprint density at radius 1 is 1.64 bits per heavy atom.